The van der Waals surface area contributed by atoms with Crippen molar-refractivity contribution in [2.24, 2.45) is 0 Å². The molecule has 28 heavy (non-hydrogen) atoms. The van der Waals surface area contributed by atoms with Crippen LogP contribution in [-0.2, 0) is 4.79 Å². The van der Waals surface area contributed by atoms with E-state index in [1.807, 2.05) is 6.92 Å². The lowest BCUT2D eigenvalue weighted by Gasteiger charge is -2.11. The fraction of sp³-hybridized carbons (Fsp3) is 0.130. The van der Waals surface area contributed by atoms with Gasteiger partial charge in [0.2, 0.25) is 0 Å². The normalized spacial score (nSPS) is 10.4. The summed E-state index contributed by atoms with van der Waals surface area (Å²) >= 11 is 5.86. The van der Waals surface area contributed by atoms with Crippen LogP contribution in [0.25, 0.3) is 0 Å². The molecule has 0 fully saturated rings. The number of halogens is 1. The van der Waals surface area contributed by atoms with E-state index >= 15 is 0 Å². The molecule has 3 aromatic carbocycles. The highest BCUT2D eigenvalue weighted by Gasteiger charge is 2.12. The lowest BCUT2D eigenvalue weighted by Crippen LogP contribution is -2.07. The molecule has 0 saturated carbocycles. The van der Waals surface area contributed by atoms with Crippen molar-refractivity contribution in [2.75, 3.05) is 0 Å². The lowest BCUT2D eigenvalue weighted by atomic mass is 10.0. The number of esters is 1. The number of hydrogen-bond acceptors (Lipinski definition) is 4. The topological polar surface area (TPSA) is 52.6 Å². The van der Waals surface area contributed by atoms with Crippen molar-refractivity contribution >= 4 is 23.4 Å². The summed E-state index contributed by atoms with van der Waals surface area (Å²) in [5, 5.41) is 0.582. The molecule has 3 aromatic rings. The van der Waals surface area contributed by atoms with Crippen molar-refractivity contribution < 1.29 is 19.1 Å². The first-order valence-electron chi connectivity index (χ1n) is 8.94. The minimum atomic E-state index is -0.303. The summed E-state index contributed by atoms with van der Waals surface area (Å²) in [4.78, 5) is 24.3. The summed E-state index contributed by atoms with van der Waals surface area (Å²) in [5.74, 6) is 0.928. The largest absolute Gasteiger partial charge is 0.453 e. The smallest absolute Gasteiger partial charge is 0.311 e. The Morgan fingerprint density at radius 2 is 1.39 bits per heavy atom. The van der Waals surface area contributed by atoms with Gasteiger partial charge >= 0.3 is 5.97 Å². The van der Waals surface area contributed by atoms with Crippen molar-refractivity contribution in [1.82, 2.24) is 0 Å². The van der Waals surface area contributed by atoms with Crippen molar-refractivity contribution in [3.05, 3.63) is 88.9 Å². The molecule has 0 atom stereocenters. The van der Waals surface area contributed by atoms with Crippen LogP contribution < -0.4 is 9.47 Å². The molecule has 0 amide bonds. The van der Waals surface area contributed by atoms with Crippen molar-refractivity contribution in [3.8, 4) is 17.2 Å². The summed E-state index contributed by atoms with van der Waals surface area (Å²) in [6.45, 7) is 1.91. The van der Waals surface area contributed by atoms with Crippen LogP contribution in [0, 0.1) is 0 Å². The van der Waals surface area contributed by atoms with E-state index in [1.165, 1.54) is 0 Å². The van der Waals surface area contributed by atoms with Gasteiger partial charge in [-0.15, -0.1) is 0 Å². The van der Waals surface area contributed by atoms with Gasteiger partial charge in [0, 0.05) is 22.6 Å². The maximum atomic E-state index is 12.5. The van der Waals surface area contributed by atoms with Gasteiger partial charge in [0.05, 0.1) is 0 Å². The van der Waals surface area contributed by atoms with Crippen molar-refractivity contribution in [1.29, 1.82) is 0 Å². The Kier molecular flexibility index (Phi) is 6.45. The highest BCUT2D eigenvalue weighted by atomic mass is 35.5. The molecule has 5 heteroatoms. The van der Waals surface area contributed by atoms with Gasteiger partial charge in [-0.3, -0.25) is 9.59 Å². The standard InChI is InChI=1S/C23H19ClO4/c1-2-5-22(25)28-21-7-4-3-6-20(21)27-19-14-10-17(11-15-19)23(26)16-8-12-18(24)13-9-16/h3-4,6-15H,2,5H2,1H3. The third-order valence-corrected chi connectivity index (χ3v) is 4.23. The van der Waals surface area contributed by atoms with E-state index in [4.69, 9.17) is 21.1 Å². The maximum absolute atomic E-state index is 12.5. The summed E-state index contributed by atoms with van der Waals surface area (Å²) in [7, 11) is 0. The number of benzene rings is 3. The van der Waals surface area contributed by atoms with Crippen LogP contribution in [0.4, 0.5) is 0 Å². The first-order valence-corrected chi connectivity index (χ1v) is 9.32. The summed E-state index contributed by atoms with van der Waals surface area (Å²) in [6, 6.07) is 20.5. The Labute approximate surface area is 168 Å². The van der Waals surface area contributed by atoms with Gasteiger partial charge in [-0.25, -0.2) is 0 Å². The van der Waals surface area contributed by atoms with Crippen molar-refractivity contribution in [2.45, 2.75) is 19.8 Å². The highest BCUT2D eigenvalue weighted by Crippen LogP contribution is 2.32. The van der Waals surface area contributed by atoms with E-state index in [1.54, 1.807) is 72.8 Å². The number of carbonyl (C=O) groups is 2. The highest BCUT2D eigenvalue weighted by molar-refractivity contribution is 6.30. The van der Waals surface area contributed by atoms with Gasteiger partial charge in [-0.05, 0) is 67.1 Å². The molecule has 0 aromatic heterocycles. The van der Waals surface area contributed by atoms with Crippen LogP contribution in [-0.4, -0.2) is 11.8 Å². The zero-order chi connectivity index (χ0) is 19.9. The molecule has 0 spiro atoms. The second-order valence-corrected chi connectivity index (χ2v) is 6.57. The number of ether oxygens (including phenoxy) is 2. The predicted octanol–water partition coefficient (Wildman–Crippen LogP) is 6.07. The first kappa shape index (κ1) is 19.6. The van der Waals surface area contributed by atoms with Gasteiger partial charge in [-0.1, -0.05) is 30.7 Å². The van der Waals surface area contributed by atoms with E-state index < -0.39 is 0 Å². The van der Waals surface area contributed by atoms with E-state index in [-0.39, 0.29) is 11.8 Å². The molecule has 0 bridgehead atoms. The molecular formula is C23H19ClO4. The number of para-hydroxylation sites is 2. The summed E-state index contributed by atoms with van der Waals surface area (Å²) in [5.41, 5.74) is 1.10. The number of carbonyl (C=O) groups excluding carboxylic acids is 2. The first-order chi connectivity index (χ1) is 13.6. The molecule has 0 saturated heterocycles. The Hall–Kier alpha value is -3.11. The molecule has 0 heterocycles. The summed E-state index contributed by atoms with van der Waals surface area (Å²) < 4.78 is 11.2. The maximum Gasteiger partial charge on any atom is 0.311 e. The Morgan fingerprint density at radius 3 is 2.00 bits per heavy atom. The second kappa shape index (κ2) is 9.20. The van der Waals surface area contributed by atoms with E-state index in [0.717, 1.165) is 0 Å². The van der Waals surface area contributed by atoms with Gasteiger partial charge in [0.15, 0.2) is 17.3 Å². The molecule has 142 valence electrons. The van der Waals surface area contributed by atoms with Crippen LogP contribution >= 0.6 is 11.6 Å². The third-order valence-electron chi connectivity index (χ3n) is 3.98. The molecule has 4 nitrogen and oxygen atoms in total. The Balaban J connectivity index is 1.73. The van der Waals surface area contributed by atoms with E-state index in [2.05, 4.69) is 0 Å². The van der Waals surface area contributed by atoms with E-state index in [0.29, 0.717) is 46.2 Å². The van der Waals surface area contributed by atoms with Crippen LogP contribution in [0.5, 0.6) is 17.2 Å². The second-order valence-electron chi connectivity index (χ2n) is 6.13. The van der Waals surface area contributed by atoms with E-state index in [9.17, 15) is 9.59 Å². The third kappa shape index (κ3) is 4.99. The summed E-state index contributed by atoms with van der Waals surface area (Å²) in [6.07, 6.45) is 1.06. The molecule has 3 rings (SSSR count). The van der Waals surface area contributed by atoms with Crippen LogP contribution in [0.15, 0.2) is 72.8 Å². The molecular weight excluding hydrogens is 376 g/mol. The number of rotatable bonds is 7. The fourth-order valence-corrected chi connectivity index (χ4v) is 2.69. The lowest BCUT2D eigenvalue weighted by molar-refractivity contribution is -0.134. The molecule has 0 aliphatic carbocycles. The van der Waals surface area contributed by atoms with Gasteiger partial charge in [0.25, 0.3) is 0 Å². The Bertz CT molecular complexity index is 963. The Morgan fingerprint density at radius 1 is 0.821 bits per heavy atom. The average Bonchev–Trinajstić information content (AvgIpc) is 2.70. The number of hydrogen-bond donors (Lipinski definition) is 0. The SMILES string of the molecule is CCCC(=O)Oc1ccccc1Oc1ccc(C(=O)c2ccc(Cl)cc2)cc1. The molecule has 0 aliphatic heterocycles. The quantitative estimate of drug-likeness (QED) is 0.277. The fourth-order valence-electron chi connectivity index (χ4n) is 2.57. The predicted molar refractivity (Wildman–Crippen MR) is 108 cm³/mol. The molecule has 0 unspecified atom stereocenters. The van der Waals surface area contributed by atoms with Crippen LogP contribution in [0.3, 0.4) is 0 Å². The average molecular weight is 395 g/mol. The monoisotopic (exact) mass is 394 g/mol. The van der Waals surface area contributed by atoms with Gasteiger partial charge < -0.3 is 9.47 Å². The van der Waals surface area contributed by atoms with Crippen LogP contribution in [0.2, 0.25) is 5.02 Å². The minimum Gasteiger partial charge on any atom is -0.453 e. The number of ketones is 1. The van der Waals surface area contributed by atoms with Gasteiger partial charge in [0.1, 0.15) is 5.75 Å². The van der Waals surface area contributed by atoms with Crippen LogP contribution in [0.1, 0.15) is 35.7 Å². The van der Waals surface area contributed by atoms with Gasteiger partial charge in [-0.2, -0.15) is 0 Å². The minimum absolute atomic E-state index is 0.0999. The zero-order valence-corrected chi connectivity index (χ0v) is 16.1. The molecule has 0 N–H and O–H groups in total. The zero-order valence-electron chi connectivity index (χ0n) is 15.4. The molecule has 0 aliphatic rings. The molecule has 0 radical (unpaired) electrons. The van der Waals surface area contributed by atoms with Crippen molar-refractivity contribution in [3.63, 3.8) is 0 Å².